The smallest absolute Gasteiger partial charge is 0.462 e. The number of carbonyl (C=O) groups excluding carboxylic acids is 4. The van der Waals surface area contributed by atoms with Gasteiger partial charge in [0.15, 0.2) is 12.2 Å². The van der Waals surface area contributed by atoms with Gasteiger partial charge < -0.3 is 33.8 Å². The molecule has 17 nitrogen and oxygen atoms in total. The summed E-state index contributed by atoms with van der Waals surface area (Å²) in [6.45, 7) is 4.96. The summed E-state index contributed by atoms with van der Waals surface area (Å²) >= 11 is 0. The summed E-state index contributed by atoms with van der Waals surface area (Å²) in [7, 11) is -9.90. The van der Waals surface area contributed by atoms with E-state index in [2.05, 4.69) is 27.7 Å². The highest BCUT2D eigenvalue weighted by molar-refractivity contribution is 7.47. The number of aliphatic hydroxyl groups is 1. The van der Waals surface area contributed by atoms with Crippen LogP contribution in [0.15, 0.2) is 0 Å². The Morgan fingerprint density at radius 1 is 0.267 bits per heavy atom. The number of hydrogen-bond acceptors (Lipinski definition) is 15. The number of esters is 4. The molecule has 534 valence electrons. The fourth-order valence-corrected chi connectivity index (χ4v) is 12.4. The molecule has 0 aliphatic heterocycles. The maximum atomic E-state index is 13.0. The molecule has 5 atom stereocenters. The highest BCUT2D eigenvalue weighted by atomic mass is 31.2. The van der Waals surface area contributed by atoms with Gasteiger partial charge in [-0.3, -0.25) is 37.3 Å². The van der Waals surface area contributed by atoms with Crippen LogP contribution < -0.4 is 0 Å². The second-order valence-electron chi connectivity index (χ2n) is 25.6. The lowest BCUT2D eigenvalue weighted by Gasteiger charge is -2.21. The van der Waals surface area contributed by atoms with Crippen molar-refractivity contribution in [3.05, 3.63) is 0 Å². The molecule has 0 fully saturated rings. The number of aliphatic hydroxyl groups excluding tert-OH is 1. The van der Waals surface area contributed by atoms with E-state index in [1.165, 1.54) is 205 Å². The Hall–Kier alpha value is -1.94. The SMILES string of the molecule is CCCCCCCCCCCCCCCC(=O)OC[C@H](COP(=O)(O)OC[C@@H](O)COP(=O)(O)OC[C@@H](COC(=O)CCCCCCCCCCCCC)OC(=O)CCCCCCCCCCCCCCC)OC(=O)CCCCCCCCCCCCCCC. The lowest BCUT2D eigenvalue weighted by atomic mass is 10.0. The Bertz CT molecular complexity index is 1720. The summed E-state index contributed by atoms with van der Waals surface area (Å²) in [5.74, 6) is -2.12. The van der Waals surface area contributed by atoms with Crippen LogP contribution in [-0.2, 0) is 65.4 Å². The molecule has 0 aliphatic rings. The summed E-state index contributed by atoms with van der Waals surface area (Å²) in [6.07, 6.45) is 53.8. The van der Waals surface area contributed by atoms with Gasteiger partial charge in [-0.25, -0.2) is 9.13 Å². The summed E-state index contributed by atoms with van der Waals surface area (Å²) in [6, 6.07) is 0. The van der Waals surface area contributed by atoms with Crippen molar-refractivity contribution in [3.8, 4) is 0 Å². The molecule has 0 aromatic heterocycles. The first kappa shape index (κ1) is 88.1. The van der Waals surface area contributed by atoms with Gasteiger partial charge in [0.1, 0.15) is 19.3 Å². The van der Waals surface area contributed by atoms with Crippen LogP contribution in [0.2, 0.25) is 0 Å². The van der Waals surface area contributed by atoms with Crippen LogP contribution in [0.5, 0.6) is 0 Å². The highest BCUT2D eigenvalue weighted by Gasteiger charge is 2.30. The van der Waals surface area contributed by atoms with E-state index in [0.717, 1.165) is 89.9 Å². The monoisotopic (exact) mass is 1320 g/mol. The molecule has 0 spiro atoms. The predicted octanol–water partition coefficient (Wildman–Crippen LogP) is 20.7. The normalized spacial score (nSPS) is 14.0. The van der Waals surface area contributed by atoms with Crippen molar-refractivity contribution in [2.75, 3.05) is 39.6 Å². The van der Waals surface area contributed by atoms with Gasteiger partial charge >= 0.3 is 39.5 Å². The first-order valence-corrected chi connectivity index (χ1v) is 40.3. The second-order valence-corrected chi connectivity index (χ2v) is 28.5. The first-order chi connectivity index (χ1) is 43.7. The number of unbranched alkanes of at least 4 members (excludes halogenated alkanes) is 46. The maximum absolute atomic E-state index is 13.0. The standard InChI is InChI=1S/C71H138O17P2/c1-5-9-13-17-21-25-29-32-36-40-44-48-52-56-69(74)82-62-67(88-71(76)58-54-50-46-42-38-34-31-27-23-19-15-11-7-3)64-86-90(79,80)84-60-65(72)59-83-89(77,78)85-63-66(61-81-68(73)55-51-47-43-39-35-28-24-20-16-12-8-4)87-70(75)57-53-49-45-41-37-33-30-26-22-18-14-10-6-2/h65-67,72H,5-64H2,1-4H3,(H,77,78)(H,79,80)/t65-,66+,67+/m0/s1. The van der Waals surface area contributed by atoms with Crippen molar-refractivity contribution in [2.45, 2.75) is 393 Å². The average molecular weight is 1330 g/mol. The lowest BCUT2D eigenvalue weighted by Crippen LogP contribution is -2.30. The van der Waals surface area contributed by atoms with Crippen LogP contribution in [0.25, 0.3) is 0 Å². The van der Waals surface area contributed by atoms with Crippen molar-refractivity contribution in [2.24, 2.45) is 0 Å². The third kappa shape index (κ3) is 64.8. The molecule has 0 aromatic rings. The van der Waals surface area contributed by atoms with Crippen LogP contribution in [0.1, 0.15) is 374 Å². The molecule has 0 saturated carbocycles. The van der Waals surface area contributed by atoms with E-state index in [1.807, 2.05) is 0 Å². The minimum absolute atomic E-state index is 0.108. The molecule has 0 rings (SSSR count). The van der Waals surface area contributed by atoms with E-state index in [1.54, 1.807) is 0 Å². The molecule has 0 amide bonds. The minimum atomic E-state index is -4.95. The number of hydrogen-bond donors (Lipinski definition) is 3. The summed E-state index contributed by atoms with van der Waals surface area (Å²) in [4.78, 5) is 72.6. The summed E-state index contributed by atoms with van der Waals surface area (Å²) in [5.41, 5.74) is 0. The second kappa shape index (κ2) is 65.7. The van der Waals surface area contributed by atoms with Crippen molar-refractivity contribution in [1.29, 1.82) is 0 Å². The lowest BCUT2D eigenvalue weighted by molar-refractivity contribution is -0.161. The van der Waals surface area contributed by atoms with Crippen LogP contribution in [0, 0.1) is 0 Å². The van der Waals surface area contributed by atoms with Gasteiger partial charge in [0, 0.05) is 25.7 Å². The van der Waals surface area contributed by atoms with Crippen molar-refractivity contribution in [3.63, 3.8) is 0 Å². The molecule has 0 heterocycles. The third-order valence-corrected chi connectivity index (χ3v) is 18.5. The molecular weight excluding hydrogens is 1190 g/mol. The van der Waals surface area contributed by atoms with Gasteiger partial charge in [0.2, 0.25) is 0 Å². The Kier molecular flexibility index (Phi) is 64.3. The fraction of sp³-hybridized carbons (Fsp3) is 0.944. The molecule has 0 aromatic carbocycles. The molecule has 3 N–H and O–H groups in total. The van der Waals surface area contributed by atoms with Crippen molar-refractivity contribution in [1.82, 2.24) is 0 Å². The number of phosphoric ester groups is 2. The highest BCUT2D eigenvalue weighted by Crippen LogP contribution is 2.45. The number of phosphoric acid groups is 2. The Balaban J connectivity index is 5.25. The van der Waals surface area contributed by atoms with E-state index in [-0.39, 0.29) is 25.7 Å². The van der Waals surface area contributed by atoms with Gasteiger partial charge in [0.05, 0.1) is 26.4 Å². The summed E-state index contributed by atoms with van der Waals surface area (Å²) < 4.78 is 68.3. The molecule has 90 heavy (non-hydrogen) atoms. The summed E-state index contributed by atoms with van der Waals surface area (Å²) in [5, 5.41) is 10.6. The first-order valence-electron chi connectivity index (χ1n) is 37.3. The Morgan fingerprint density at radius 3 is 0.656 bits per heavy atom. The maximum Gasteiger partial charge on any atom is 0.472 e. The quantitative estimate of drug-likeness (QED) is 0.0222. The van der Waals surface area contributed by atoms with Crippen LogP contribution in [0.4, 0.5) is 0 Å². The van der Waals surface area contributed by atoms with Gasteiger partial charge in [0.25, 0.3) is 0 Å². The zero-order chi connectivity index (χ0) is 66.1. The van der Waals surface area contributed by atoms with Gasteiger partial charge in [-0.05, 0) is 25.7 Å². The zero-order valence-corrected chi connectivity index (χ0v) is 59.9. The topological polar surface area (TPSA) is 237 Å². The third-order valence-electron chi connectivity index (χ3n) is 16.6. The molecule has 0 aliphatic carbocycles. The largest absolute Gasteiger partial charge is 0.472 e. The van der Waals surface area contributed by atoms with Crippen molar-refractivity contribution >= 4 is 39.5 Å². The molecular formula is C71H138O17P2. The van der Waals surface area contributed by atoms with E-state index < -0.39 is 97.5 Å². The van der Waals surface area contributed by atoms with E-state index in [4.69, 9.17) is 37.0 Å². The van der Waals surface area contributed by atoms with E-state index in [9.17, 15) is 43.2 Å². The number of carbonyl (C=O) groups is 4. The Labute approximate surface area is 549 Å². The molecule has 19 heteroatoms. The van der Waals surface area contributed by atoms with Gasteiger partial charge in [-0.15, -0.1) is 0 Å². The number of rotatable bonds is 72. The van der Waals surface area contributed by atoms with Crippen LogP contribution >= 0.6 is 15.6 Å². The number of ether oxygens (including phenoxy) is 4. The van der Waals surface area contributed by atoms with E-state index >= 15 is 0 Å². The average Bonchev–Trinajstić information content (AvgIpc) is 3.66. The molecule has 0 saturated heterocycles. The molecule has 0 radical (unpaired) electrons. The Morgan fingerprint density at radius 2 is 0.444 bits per heavy atom. The predicted molar refractivity (Wildman–Crippen MR) is 363 cm³/mol. The van der Waals surface area contributed by atoms with E-state index in [0.29, 0.717) is 25.7 Å². The molecule has 2 unspecified atom stereocenters. The van der Waals surface area contributed by atoms with Crippen LogP contribution in [0.3, 0.4) is 0 Å². The minimum Gasteiger partial charge on any atom is -0.462 e. The zero-order valence-electron chi connectivity index (χ0n) is 58.1. The van der Waals surface area contributed by atoms with Crippen molar-refractivity contribution < 1.29 is 80.2 Å². The van der Waals surface area contributed by atoms with Gasteiger partial charge in [-0.1, -0.05) is 323 Å². The van der Waals surface area contributed by atoms with Crippen LogP contribution in [-0.4, -0.2) is 96.7 Å². The molecule has 0 bridgehead atoms. The fourth-order valence-electron chi connectivity index (χ4n) is 10.9. The van der Waals surface area contributed by atoms with Gasteiger partial charge in [-0.2, -0.15) is 0 Å².